The van der Waals surface area contributed by atoms with Crippen molar-refractivity contribution < 1.29 is 9.53 Å². The molecule has 116 valence electrons. The molecule has 0 aliphatic carbocycles. The average Bonchev–Trinajstić information content (AvgIpc) is 2.54. The van der Waals surface area contributed by atoms with E-state index in [2.05, 4.69) is 5.32 Å². The van der Waals surface area contributed by atoms with Gasteiger partial charge < -0.3 is 15.0 Å². The fourth-order valence-electron chi connectivity index (χ4n) is 2.58. The Morgan fingerprint density at radius 2 is 2.00 bits per heavy atom. The van der Waals surface area contributed by atoms with Gasteiger partial charge in [0.1, 0.15) is 5.75 Å². The lowest BCUT2D eigenvalue weighted by Gasteiger charge is -2.31. The van der Waals surface area contributed by atoms with Crippen molar-refractivity contribution >= 4 is 17.7 Å². The number of benzene rings is 1. The molecule has 1 heterocycles. The highest BCUT2D eigenvalue weighted by molar-refractivity contribution is 8.00. The molecule has 1 aliphatic rings. The summed E-state index contributed by atoms with van der Waals surface area (Å²) in [5, 5.41) is 3.22. The molecule has 1 aromatic rings. The van der Waals surface area contributed by atoms with Crippen LogP contribution in [0.1, 0.15) is 12.8 Å². The summed E-state index contributed by atoms with van der Waals surface area (Å²) >= 11 is 1.59. The number of methoxy groups -OCH3 is 1. The van der Waals surface area contributed by atoms with Crippen LogP contribution in [0.5, 0.6) is 5.75 Å². The summed E-state index contributed by atoms with van der Waals surface area (Å²) in [6.45, 7) is 2.85. The molecule has 0 unspecified atom stereocenters. The summed E-state index contributed by atoms with van der Waals surface area (Å²) in [7, 11) is 3.65. The van der Waals surface area contributed by atoms with Crippen molar-refractivity contribution in [1.82, 2.24) is 10.2 Å². The number of piperidine rings is 1. The molecule has 1 aliphatic heterocycles. The molecule has 4 nitrogen and oxygen atoms in total. The van der Waals surface area contributed by atoms with E-state index in [0.29, 0.717) is 11.7 Å². The normalized spacial score (nSPS) is 16.0. The lowest BCUT2D eigenvalue weighted by molar-refractivity contribution is -0.129. The van der Waals surface area contributed by atoms with Crippen LogP contribution >= 0.6 is 11.8 Å². The number of carbonyl (C=O) groups is 1. The fraction of sp³-hybridized carbons (Fsp3) is 0.562. The third kappa shape index (κ3) is 4.93. The van der Waals surface area contributed by atoms with Crippen molar-refractivity contribution in [2.75, 3.05) is 39.5 Å². The van der Waals surface area contributed by atoms with Crippen molar-refractivity contribution in [2.45, 2.75) is 17.7 Å². The maximum atomic E-state index is 12.2. The Morgan fingerprint density at radius 1 is 1.33 bits per heavy atom. The minimum Gasteiger partial charge on any atom is -0.497 e. The zero-order valence-electron chi connectivity index (χ0n) is 12.8. The molecule has 0 spiro atoms. The second-order valence-electron chi connectivity index (χ2n) is 5.35. The second-order valence-corrected chi connectivity index (χ2v) is 6.39. The number of nitrogens with one attached hydrogen (secondary N) is 1. The number of rotatable bonds is 6. The lowest BCUT2D eigenvalue weighted by atomic mass is 9.97. The highest BCUT2D eigenvalue weighted by Crippen LogP contribution is 2.23. The topological polar surface area (TPSA) is 41.6 Å². The number of carbonyl (C=O) groups excluding carboxylic acids is 1. The van der Waals surface area contributed by atoms with E-state index in [1.807, 2.05) is 36.2 Å². The Morgan fingerprint density at radius 3 is 2.57 bits per heavy atom. The zero-order chi connectivity index (χ0) is 15.1. The second kappa shape index (κ2) is 8.29. The quantitative estimate of drug-likeness (QED) is 0.819. The van der Waals surface area contributed by atoms with Crippen molar-refractivity contribution in [3.05, 3.63) is 24.3 Å². The molecule has 1 saturated heterocycles. The van der Waals surface area contributed by atoms with E-state index in [4.69, 9.17) is 4.74 Å². The molecule has 1 aromatic carbocycles. The van der Waals surface area contributed by atoms with Gasteiger partial charge in [0.25, 0.3) is 0 Å². The van der Waals surface area contributed by atoms with Crippen LogP contribution in [-0.2, 0) is 4.79 Å². The first-order valence-corrected chi connectivity index (χ1v) is 8.40. The third-order valence-corrected chi connectivity index (χ3v) is 4.88. The van der Waals surface area contributed by atoms with Crippen molar-refractivity contribution in [1.29, 1.82) is 0 Å². The Labute approximate surface area is 131 Å². The monoisotopic (exact) mass is 308 g/mol. The number of hydrogen-bond acceptors (Lipinski definition) is 4. The molecule has 0 radical (unpaired) electrons. The number of ether oxygens (including phenoxy) is 1. The summed E-state index contributed by atoms with van der Waals surface area (Å²) in [6.07, 6.45) is 2.22. The molecule has 5 heteroatoms. The number of thioether (sulfide) groups is 1. The van der Waals surface area contributed by atoms with Gasteiger partial charge in [-0.3, -0.25) is 4.79 Å². The van der Waals surface area contributed by atoms with Crippen LogP contribution < -0.4 is 10.1 Å². The van der Waals surface area contributed by atoms with Gasteiger partial charge in [0.2, 0.25) is 5.91 Å². The first-order valence-electron chi connectivity index (χ1n) is 7.42. The fourth-order valence-corrected chi connectivity index (χ4v) is 3.38. The highest BCUT2D eigenvalue weighted by Gasteiger charge is 2.22. The van der Waals surface area contributed by atoms with Crippen molar-refractivity contribution in [2.24, 2.45) is 5.92 Å². The van der Waals surface area contributed by atoms with Crippen molar-refractivity contribution in [3.63, 3.8) is 0 Å². The molecule has 0 atom stereocenters. The summed E-state index contributed by atoms with van der Waals surface area (Å²) in [6, 6.07) is 7.85. The van der Waals surface area contributed by atoms with Gasteiger partial charge >= 0.3 is 0 Å². The van der Waals surface area contributed by atoms with Gasteiger partial charge in [0.15, 0.2) is 0 Å². The molecular formula is C16H24N2O2S. The van der Waals surface area contributed by atoms with Crippen LogP contribution in [0.25, 0.3) is 0 Å². The van der Waals surface area contributed by atoms with Gasteiger partial charge in [-0.25, -0.2) is 0 Å². The van der Waals surface area contributed by atoms with Crippen LogP contribution in [0.4, 0.5) is 0 Å². The highest BCUT2D eigenvalue weighted by atomic mass is 32.2. The maximum absolute atomic E-state index is 12.2. The van der Waals surface area contributed by atoms with E-state index in [1.165, 1.54) is 0 Å². The van der Waals surface area contributed by atoms with E-state index >= 15 is 0 Å². The predicted molar refractivity (Wildman–Crippen MR) is 86.9 cm³/mol. The van der Waals surface area contributed by atoms with Crippen LogP contribution in [0.3, 0.4) is 0 Å². The summed E-state index contributed by atoms with van der Waals surface area (Å²) in [5.41, 5.74) is 0. The lowest BCUT2D eigenvalue weighted by Crippen LogP contribution is -2.41. The molecule has 0 bridgehead atoms. The minimum atomic E-state index is 0.249. The van der Waals surface area contributed by atoms with Crippen LogP contribution in [0.2, 0.25) is 0 Å². The van der Waals surface area contributed by atoms with Gasteiger partial charge in [-0.2, -0.15) is 0 Å². The van der Waals surface area contributed by atoms with Crippen LogP contribution in [-0.4, -0.2) is 50.4 Å². The Hall–Kier alpha value is -1.20. The molecule has 21 heavy (non-hydrogen) atoms. The predicted octanol–water partition coefficient (Wildman–Crippen LogP) is 2.25. The molecule has 1 amide bonds. The number of hydrogen-bond donors (Lipinski definition) is 1. The van der Waals surface area contributed by atoms with E-state index < -0.39 is 0 Å². The Bertz CT molecular complexity index is 442. The van der Waals surface area contributed by atoms with Gasteiger partial charge in [-0.15, -0.1) is 11.8 Å². The van der Waals surface area contributed by atoms with Gasteiger partial charge in [0, 0.05) is 18.0 Å². The van der Waals surface area contributed by atoms with E-state index in [1.54, 1.807) is 18.9 Å². The van der Waals surface area contributed by atoms with E-state index in [-0.39, 0.29) is 5.91 Å². The molecule has 1 N–H and O–H groups in total. The summed E-state index contributed by atoms with van der Waals surface area (Å²) < 4.78 is 5.13. The molecular weight excluding hydrogens is 284 g/mol. The Kier molecular flexibility index (Phi) is 6.39. The minimum absolute atomic E-state index is 0.249. The standard InChI is InChI=1S/C16H24N2O2S/c1-17-11-13-7-9-18(10-8-13)16(19)12-21-15-5-3-14(20-2)4-6-15/h3-6,13,17H,7-12H2,1-2H3. The van der Waals surface area contributed by atoms with Gasteiger partial charge in [0.05, 0.1) is 12.9 Å². The first-order chi connectivity index (χ1) is 10.2. The molecule has 2 rings (SSSR count). The van der Waals surface area contributed by atoms with E-state index in [9.17, 15) is 4.79 Å². The largest absolute Gasteiger partial charge is 0.497 e. The Balaban J connectivity index is 1.74. The molecule has 0 saturated carbocycles. The zero-order valence-corrected chi connectivity index (χ0v) is 13.6. The van der Waals surface area contributed by atoms with E-state index in [0.717, 1.165) is 43.1 Å². The number of nitrogens with zero attached hydrogens (tertiary/aromatic N) is 1. The van der Waals surface area contributed by atoms with Crippen LogP contribution in [0, 0.1) is 5.92 Å². The SMILES string of the molecule is CNCC1CCN(C(=O)CSc2ccc(OC)cc2)CC1. The smallest absolute Gasteiger partial charge is 0.232 e. The molecule has 1 fully saturated rings. The number of amides is 1. The van der Waals surface area contributed by atoms with Crippen LogP contribution in [0.15, 0.2) is 29.2 Å². The van der Waals surface area contributed by atoms with Gasteiger partial charge in [-0.05, 0) is 56.6 Å². The molecule has 0 aromatic heterocycles. The number of likely N-dealkylation sites (tertiary alicyclic amines) is 1. The van der Waals surface area contributed by atoms with Crippen molar-refractivity contribution in [3.8, 4) is 5.75 Å². The third-order valence-electron chi connectivity index (χ3n) is 3.88. The average molecular weight is 308 g/mol. The summed E-state index contributed by atoms with van der Waals surface area (Å²) in [4.78, 5) is 15.3. The first kappa shape index (κ1) is 16.2. The van der Waals surface area contributed by atoms with Gasteiger partial charge in [-0.1, -0.05) is 0 Å². The maximum Gasteiger partial charge on any atom is 0.232 e. The summed E-state index contributed by atoms with van der Waals surface area (Å²) in [5.74, 6) is 2.33.